The largest absolute Gasteiger partial charge is 0.504 e. The summed E-state index contributed by atoms with van der Waals surface area (Å²) >= 11 is 0. The van der Waals surface area contributed by atoms with E-state index in [-0.39, 0.29) is 17.4 Å². The Balaban J connectivity index is 1.58. The van der Waals surface area contributed by atoms with Crippen molar-refractivity contribution in [1.29, 1.82) is 0 Å². The molecule has 0 spiro atoms. The highest BCUT2D eigenvalue weighted by Gasteiger charge is 2.01. The molecule has 1 amide bonds. The number of amides is 1. The van der Waals surface area contributed by atoms with Crippen LogP contribution in [0.5, 0.6) is 11.5 Å². The molecule has 0 aliphatic carbocycles. The first-order valence-electron chi connectivity index (χ1n) is 8.03. The average molecular weight is 346 g/mol. The van der Waals surface area contributed by atoms with E-state index in [0.29, 0.717) is 11.3 Å². The number of carbonyl (C=O) groups is 1. The number of benzene rings is 3. The Bertz CT molecular complexity index is 920. The number of phenolic OH excluding ortho intramolecular Hbond substituents is 2. The van der Waals surface area contributed by atoms with Crippen molar-refractivity contribution in [3.8, 4) is 11.5 Å². The van der Waals surface area contributed by atoms with Gasteiger partial charge in [-0.25, -0.2) is 0 Å². The lowest BCUT2D eigenvalue weighted by Crippen LogP contribution is -2.07. The molecule has 3 aromatic rings. The molecule has 0 radical (unpaired) electrons. The van der Waals surface area contributed by atoms with Crippen LogP contribution in [0.25, 0.3) is 6.08 Å². The van der Waals surface area contributed by atoms with Crippen LogP contribution in [-0.4, -0.2) is 16.1 Å². The predicted octanol–water partition coefficient (Wildman–Crippen LogP) is 4.49. The van der Waals surface area contributed by atoms with Crippen molar-refractivity contribution in [2.75, 3.05) is 10.6 Å². The van der Waals surface area contributed by atoms with Crippen LogP contribution < -0.4 is 10.6 Å². The third kappa shape index (κ3) is 4.64. The number of phenols is 2. The highest BCUT2D eigenvalue weighted by atomic mass is 16.3. The maximum absolute atomic E-state index is 12.0. The second kappa shape index (κ2) is 7.90. The fourth-order valence-electron chi connectivity index (χ4n) is 2.33. The number of nitrogens with one attached hydrogen (secondary N) is 2. The average Bonchev–Trinajstić information content (AvgIpc) is 2.65. The van der Waals surface area contributed by atoms with Gasteiger partial charge in [-0.1, -0.05) is 24.3 Å². The van der Waals surface area contributed by atoms with Crippen LogP contribution in [0.4, 0.5) is 17.1 Å². The van der Waals surface area contributed by atoms with E-state index in [0.717, 1.165) is 11.4 Å². The van der Waals surface area contributed by atoms with E-state index in [9.17, 15) is 15.0 Å². The zero-order chi connectivity index (χ0) is 18.4. The van der Waals surface area contributed by atoms with Gasteiger partial charge in [-0.3, -0.25) is 4.79 Å². The summed E-state index contributed by atoms with van der Waals surface area (Å²) in [7, 11) is 0. The SMILES string of the molecule is O=C(/C=C\c1ccc(O)c(O)c1)Nc1ccc(Nc2ccccc2)cc1. The van der Waals surface area contributed by atoms with Crippen molar-refractivity contribution in [3.63, 3.8) is 0 Å². The topological polar surface area (TPSA) is 81.6 Å². The molecule has 0 atom stereocenters. The van der Waals surface area contributed by atoms with Gasteiger partial charge in [0, 0.05) is 23.1 Å². The van der Waals surface area contributed by atoms with Crippen molar-refractivity contribution in [2.45, 2.75) is 0 Å². The standard InChI is InChI=1S/C21H18N2O3/c24-19-12-6-15(14-20(19)25)7-13-21(26)23-18-10-8-17(9-11-18)22-16-4-2-1-3-5-16/h1-14,22,24-25H,(H,23,26)/b13-7-. The number of anilines is 3. The zero-order valence-corrected chi connectivity index (χ0v) is 13.9. The second-order valence-corrected chi connectivity index (χ2v) is 5.64. The van der Waals surface area contributed by atoms with Gasteiger partial charge in [0.05, 0.1) is 0 Å². The van der Waals surface area contributed by atoms with Gasteiger partial charge in [-0.05, 0) is 60.2 Å². The lowest BCUT2D eigenvalue weighted by Gasteiger charge is -2.07. The number of rotatable bonds is 5. The summed E-state index contributed by atoms with van der Waals surface area (Å²) in [6, 6.07) is 21.5. The summed E-state index contributed by atoms with van der Waals surface area (Å²) in [5.41, 5.74) is 3.19. The Hall–Kier alpha value is -3.73. The molecule has 0 heterocycles. The van der Waals surface area contributed by atoms with Gasteiger partial charge in [-0.2, -0.15) is 0 Å². The van der Waals surface area contributed by atoms with Crippen LogP contribution in [0, 0.1) is 0 Å². The normalized spacial score (nSPS) is 10.6. The molecule has 0 bridgehead atoms. The molecule has 26 heavy (non-hydrogen) atoms. The van der Waals surface area contributed by atoms with Crippen molar-refractivity contribution in [2.24, 2.45) is 0 Å². The Morgan fingerprint density at radius 3 is 2.12 bits per heavy atom. The van der Waals surface area contributed by atoms with Gasteiger partial charge in [0.15, 0.2) is 11.5 Å². The Morgan fingerprint density at radius 2 is 1.42 bits per heavy atom. The summed E-state index contributed by atoms with van der Waals surface area (Å²) in [5.74, 6) is -0.716. The van der Waals surface area contributed by atoms with Gasteiger partial charge < -0.3 is 20.8 Å². The number of para-hydroxylation sites is 1. The first kappa shape index (κ1) is 17.1. The number of hydrogen-bond acceptors (Lipinski definition) is 4. The van der Waals surface area contributed by atoms with E-state index in [1.165, 1.54) is 18.2 Å². The van der Waals surface area contributed by atoms with Crippen LogP contribution in [0.15, 0.2) is 78.9 Å². The molecule has 130 valence electrons. The third-order valence-corrected chi connectivity index (χ3v) is 3.64. The molecule has 4 N–H and O–H groups in total. The van der Waals surface area contributed by atoms with Crippen molar-refractivity contribution < 1.29 is 15.0 Å². The van der Waals surface area contributed by atoms with Gasteiger partial charge in [0.2, 0.25) is 5.91 Å². The highest BCUT2D eigenvalue weighted by Crippen LogP contribution is 2.25. The Labute approximate surface area is 151 Å². The van der Waals surface area contributed by atoms with Gasteiger partial charge >= 0.3 is 0 Å². The number of carbonyl (C=O) groups excluding carboxylic acids is 1. The van der Waals surface area contributed by atoms with Gasteiger partial charge in [0.1, 0.15) is 0 Å². The molecule has 0 fully saturated rings. The van der Waals surface area contributed by atoms with Gasteiger partial charge in [-0.15, -0.1) is 0 Å². The summed E-state index contributed by atoms with van der Waals surface area (Å²) in [6.07, 6.45) is 2.92. The molecular formula is C21H18N2O3. The van der Waals surface area contributed by atoms with E-state index in [1.54, 1.807) is 12.1 Å². The first-order chi connectivity index (χ1) is 12.6. The molecule has 3 aromatic carbocycles. The highest BCUT2D eigenvalue weighted by molar-refractivity contribution is 6.02. The molecule has 3 rings (SSSR count). The van der Waals surface area contributed by atoms with Crippen molar-refractivity contribution in [1.82, 2.24) is 0 Å². The molecule has 0 aromatic heterocycles. The summed E-state index contributed by atoms with van der Waals surface area (Å²) in [6.45, 7) is 0. The minimum Gasteiger partial charge on any atom is -0.504 e. The van der Waals surface area contributed by atoms with Crippen LogP contribution >= 0.6 is 0 Å². The minimum absolute atomic E-state index is 0.198. The third-order valence-electron chi connectivity index (χ3n) is 3.64. The Kier molecular flexibility index (Phi) is 5.19. The molecule has 0 saturated heterocycles. The summed E-state index contributed by atoms with van der Waals surface area (Å²) < 4.78 is 0. The van der Waals surface area contributed by atoms with Crippen LogP contribution in [0.1, 0.15) is 5.56 Å². The van der Waals surface area contributed by atoms with E-state index in [4.69, 9.17) is 0 Å². The Morgan fingerprint density at radius 1 is 0.769 bits per heavy atom. The van der Waals surface area contributed by atoms with E-state index in [1.807, 2.05) is 54.6 Å². The molecule has 5 heteroatoms. The maximum Gasteiger partial charge on any atom is 0.248 e. The van der Waals surface area contributed by atoms with Crippen molar-refractivity contribution >= 4 is 29.0 Å². The molecule has 0 unspecified atom stereocenters. The lowest BCUT2D eigenvalue weighted by molar-refractivity contribution is -0.111. The molecular weight excluding hydrogens is 328 g/mol. The predicted molar refractivity (Wildman–Crippen MR) is 104 cm³/mol. The summed E-state index contributed by atoms with van der Waals surface area (Å²) in [4.78, 5) is 12.0. The van der Waals surface area contributed by atoms with E-state index in [2.05, 4.69) is 10.6 Å². The van der Waals surface area contributed by atoms with E-state index < -0.39 is 0 Å². The maximum atomic E-state index is 12.0. The number of aromatic hydroxyl groups is 2. The smallest absolute Gasteiger partial charge is 0.248 e. The van der Waals surface area contributed by atoms with Crippen LogP contribution in [0.3, 0.4) is 0 Å². The fourth-order valence-corrected chi connectivity index (χ4v) is 2.33. The molecule has 0 saturated carbocycles. The molecule has 0 aliphatic rings. The second-order valence-electron chi connectivity index (χ2n) is 5.64. The van der Waals surface area contributed by atoms with E-state index >= 15 is 0 Å². The van der Waals surface area contributed by atoms with Gasteiger partial charge in [0.25, 0.3) is 0 Å². The lowest BCUT2D eigenvalue weighted by atomic mass is 10.2. The van der Waals surface area contributed by atoms with Crippen LogP contribution in [-0.2, 0) is 4.79 Å². The van der Waals surface area contributed by atoms with Crippen LogP contribution in [0.2, 0.25) is 0 Å². The number of hydrogen-bond donors (Lipinski definition) is 4. The zero-order valence-electron chi connectivity index (χ0n) is 13.9. The first-order valence-corrected chi connectivity index (χ1v) is 8.03. The molecule has 5 nitrogen and oxygen atoms in total. The van der Waals surface area contributed by atoms with Crippen molar-refractivity contribution in [3.05, 3.63) is 84.4 Å². The minimum atomic E-state index is -0.290. The fraction of sp³-hybridized carbons (Fsp3) is 0. The summed E-state index contributed by atoms with van der Waals surface area (Å²) in [5, 5.41) is 24.7. The molecule has 0 aliphatic heterocycles. The monoisotopic (exact) mass is 346 g/mol. The quantitative estimate of drug-likeness (QED) is 0.405.